The lowest BCUT2D eigenvalue weighted by Crippen LogP contribution is -2.31. The zero-order chi connectivity index (χ0) is 15.6. The number of aryl methyl sites for hydroxylation is 1. The number of hydrogen-bond donors (Lipinski definition) is 1. The lowest BCUT2D eigenvalue weighted by atomic mass is 10.0. The van der Waals surface area contributed by atoms with Crippen molar-refractivity contribution >= 4 is 27.5 Å². The Labute approximate surface area is 136 Å². The van der Waals surface area contributed by atoms with E-state index < -0.39 is 11.9 Å². The maximum Gasteiger partial charge on any atom is 0.145 e. The van der Waals surface area contributed by atoms with Gasteiger partial charge in [0.2, 0.25) is 0 Å². The number of nitrogens with two attached hydrogens (primary N) is 1. The predicted molar refractivity (Wildman–Crippen MR) is 84.0 cm³/mol. The van der Waals surface area contributed by atoms with E-state index in [0.29, 0.717) is 16.6 Å². The number of aromatic nitrogens is 2. The van der Waals surface area contributed by atoms with Gasteiger partial charge in [0.25, 0.3) is 0 Å². The van der Waals surface area contributed by atoms with E-state index in [9.17, 15) is 4.39 Å². The average molecular weight is 377 g/mol. The number of halogens is 3. The lowest BCUT2D eigenvalue weighted by molar-refractivity contribution is 0.169. The second kappa shape index (κ2) is 6.77. The number of nitrogens with zero attached hydrogens (tertiary/aromatic N) is 2. The SMILES string of the molecule is CCC(N)C(Oc1cc(F)c(Cl)cc1Br)c1cnn(C)c1. The van der Waals surface area contributed by atoms with Gasteiger partial charge in [-0.15, -0.1) is 0 Å². The van der Waals surface area contributed by atoms with E-state index >= 15 is 0 Å². The first kappa shape index (κ1) is 16.3. The van der Waals surface area contributed by atoms with Gasteiger partial charge in [-0.05, 0) is 28.4 Å². The first-order chi connectivity index (χ1) is 9.92. The molecule has 0 saturated heterocycles. The molecule has 0 saturated carbocycles. The van der Waals surface area contributed by atoms with Crippen LogP contribution in [0.3, 0.4) is 0 Å². The van der Waals surface area contributed by atoms with E-state index in [1.165, 1.54) is 12.1 Å². The topological polar surface area (TPSA) is 53.1 Å². The van der Waals surface area contributed by atoms with Gasteiger partial charge >= 0.3 is 0 Å². The fourth-order valence-corrected chi connectivity index (χ4v) is 2.67. The smallest absolute Gasteiger partial charge is 0.145 e. The van der Waals surface area contributed by atoms with Crippen LogP contribution in [0.5, 0.6) is 5.75 Å². The quantitative estimate of drug-likeness (QED) is 0.807. The second-order valence-electron chi connectivity index (χ2n) is 4.75. The van der Waals surface area contributed by atoms with Crippen LogP contribution in [0.15, 0.2) is 29.0 Å². The van der Waals surface area contributed by atoms with Crippen molar-refractivity contribution in [2.24, 2.45) is 12.8 Å². The first-order valence-electron chi connectivity index (χ1n) is 6.47. The fourth-order valence-electron chi connectivity index (χ4n) is 1.94. The normalized spacial score (nSPS) is 14.0. The maximum absolute atomic E-state index is 13.6. The molecule has 1 aromatic carbocycles. The Balaban J connectivity index is 2.33. The van der Waals surface area contributed by atoms with Crippen molar-refractivity contribution in [2.75, 3.05) is 0 Å². The molecule has 2 unspecified atom stereocenters. The van der Waals surface area contributed by atoms with E-state index in [-0.39, 0.29) is 11.1 Å². The molecule has 4 nitrogen and oxygen atoms in total. The summed E-state index contributed by atoms with van der Waals surface area (Å²) in [7, 11) is 1.82. The van der Waals surface area contributed by atoms with Crippen molar-refractivity contribution in [3.63, 3.8) is 0 Å². The Hall–Kier alpha value is -1.11. The molecule has 0 spiro atoms. The minimum Gasteiger partial charge on any atom is -0.483 e. The van der Waals surface area contributed by atoms with Crippen molar-refractivity contribution in [2.45, 2.75) is 25.5 Å². The Morgan fingerprint density at radius 2 is 2.24 bits per heavy atom. The third-order valence-corrected chi connectivity index (χ3v) is 4.05. The molecule has 0 aliphatic rings. The van der Waals surface area contributed by atoms with E-state index in [1.807, 2.05) is 20.2 Å². The van der Waals surface area contributed by atoms with Gasteiger partial charge in [0, 0.05) is 30.9 Å². The van der Waals surface area contributed by atoms with Crippen molar-refractivity contribution < 1.29 is 9.13 Å². The zero-order valence-corrected chi connectivity index (χ0v) is 14.0. The molecule has 21 heavy (non-hydrogen) atoms. The summed E-state index contributed by atoms with van der Waals surface area (Å²) in [5.41, 5.74) is 6.97. The van der Waals surface area contributed by atoms with Gasteiger partial charge in [0.15, 0.2) is 0 Å². The summed E-state index contributed by atoms with van der Waals surface area (Å²) in [6.45, 7) is 1.97. The minimum absolute atomic E-state index is 0.0342. The Morgan fingerprint density at radius 3 is 2.81 bits per heavy atom. The molecular formula is C14H16BrClFN3O. The number of ether oxygens (including phenoxy) is 1. The predicted octanol–water partition coefficient (Wildman–Crippen LogP) is 3.83. The van der Waals surface area contributed by atoms with E-state index in [4.69, 9.17) is 22.1 Å². The largest absolute Gasteiger partial charge is 0.483 e. The molecule has 1 aromatic heterocycles. The summed E-state index contributed by atoms with van der Waals surface area (Å²) in [5, 5.41) is 4.16. The summed E-state index contributed by atoms with van der Waals surface area (Å²) in [5.74, 6) is -0.181. The highest BCUT2D eigenvalue weighted by Gasteiger charge is 2.23. The summed E-state index contributed by atoms with van der Waals surface area (Å²) >= 11 is 9.05. The van der Waals surface area contributed by atoms with Gasteiger partial charge in [-0.2, -0.15) is 5.10 Å². The highest BCUT2D eigenvalue weighted by atomic mass is 79.9. The summed E-state index contributed by atoms with van der Waals surface area (Å²) in [6, 6.07) is 2.47. The van der Waals surface area contributed by atoms with Crippen molar-refractivity contribution in [1.29, 1.82) is 0 Å². The molecule has 1 heterocycles. The third kappa shape index (κ3) is 3.75. The van der Waals surface area contributed by atoms with Gasteiger partial charge in [-0.1, -0.05) is 18.5 Å². The van der Waals surface area contributed by atoms with E-state index in [0.717, 1.165) is 5.56 Å². The average Bonchev–Trinajstić information content (AvgIpc) is 2.87. The third-order valence-electron chi connectivity index (χ3n) is 3.14. The molecule has 7 heteroatoms. The van der Waals surface area contributed by atoms with Crippen LogP contribution < -0.4 is 10.5 Å². The number of rotatable bonds is 5. The monoisotopic (exact) mass is 375 g/mol. The molecular weight excluding hydrogens is 361 g/mol. The van der Waals surface area contributed by atoms with Gasteiger partial charge in [0.1, 0.15) is 17.7 Å². The molecule has 2 rings (SSSR count). The van der Waals surface area contributed by atoms with Crippen LogP contribution in [0.2, 0.25) is 5.02 Å². The standard InChI is InChI=1S/C14H16BrClFN3O/c1-3-12(18)14(8-6-19-20(2)7-8)21-13-5-11(17)10(16)4-9(13)15/h4-7,12,14H,3,18H2,1-2H3. The van der Waals surface area contributed by atoms with Crippen LogP contribution in [0.25, 0.3) is 0 Å². The van der Waals surface area contributed by atoms with Crippen LogP contribution in [-0.4, -0.2) is 15.8 Å². The molecule has 0 amide bonds. The highest BCUT2D eigenvalue weighted by Crippen LogP contribution is 2.34. The Morgan fingerprint density at radius 1 is 1.52 bits per heavy atom. The molecule has 0 aliphatic heterocycles. The van der Waals surface area contributed by atoms with Gasteiger partial charge in [-0.3, -0.25) is 4.68 Å². The summed E-state index contributed by atoms with van der Waals surface area (Å²) < 4.78 is 21.8. The molecule has 2 aromatic rings. The van der Waals surface area contributed by atoms with Gasteiger partial charge in [-0.25, -0.2) is 4.39 Å². The van der Waals surface area contributed by atoms with Crippen LogP contribution >= 0.6 is 27.5 Å². The summed E-state index contributed by atoms with van der Waals surface area (Å²) in [6.07, 6.45) is 3.83. The molecule has 0 fully saturated rings. The number of benzene rings is 1. The summed E-state index contributed by atoms with van der Waals surface area (Å²) in [4.78, 5) is 0. The van der Waals surface area contributed by atoms with Crippen molar-refractivity contribution in [3.05, 3.63) is 45.4 Å². The van der Waals surface area contributed by atoms with E-state index in [1.54, 1.807) is 10.9 Å². The molecule has 0 aliphatic carbocycles. The van der Waals surface area contributed by atoms with Gasteiger partial charge in [0.05, 0.1) is 15.7 Å². The Bertz CT molecular complexity index is 635. The molecule has 2 N–H and O–H groups in total. The van der Waals surface area contributed by atoms with Gasteiger partial charge < -0.3 is 10.5 Å². The van der Waals surface area contributed by atoms with Crippen molar-refractivity contribution in [3.8, 4) is 5.75 Å². The molecule has 114 valence electrons. The highest BCUT2D eigenvalue weighted by molar-refractivity contribution is 9.10. The van der Waals surface area contributed by atoms with Crippen LogP contribution in [0, 0.1) is 5.82 Å². The zero-order valence-electron chi connectivity index (χ0n) is 11.7. The second-order valence-corrected chi connectivity index (χ2v) is 6.02. The molecule has 0 radical (unpaired) electrons. The van der Waals surface area contributed by atoms with Crippen molar-refractivity contribution in [1.82, 2.24) is 9.78 Å². The van der Waals surface area contributed by atoms with Crippen LogP contribution in [0.4, 0.5) is 4.39 Å². The van der Waals surface area contributed by atoms with Crippen LogP contribution in [0.1, 0.15) is 25.0 Å². The van der Waals surface area contributed by atoms with E-state index in [2.05, 4.69) is 21.0 Å². The first-order valence-corrected chi connectivity index (χ1v) is 7.64. The lowest BCUT2D eigenvalue weighted by Gasteiger charge is -2.24. The molecule has 2 atom stereocenters. The van der Waals surface area contributed by atoms with Crippen LogP contribution in [-0.2, 0) is 7.05 Å². The number of hydrogen-bond acceptors (Lipinski definition) is 3. The molecule has 0 bridgehead atoms. The maximum atomic E-state index is 13.6. The fraction of sp³-hybridized carbons (Fsp3) is 0.357. The minimum atomic E-state index is -0.537. The Kier molecular flexibility index (Phi) is 5.24.